The minimum atomic E-state index is -0.0142. The molecule has 1 aliphatic rings. The molecule has 2 atom stereocenters. The number of nitrogens with zero attached hydrogens (tertiary/aromatic N) is 4. The Balaban J connectivity index is 1.46. The van der Waals surface area contributed by atoms with Gasteiger partial charge in [-0.25, -0.2) is 0 Å². The lowest BCUT2D eigenvalue weighted by Crippen LogP contribution is -2.51. The van der Waals surface area contributed by atoms with Crippen molar-refractivity contribution in [2.45, 2.75) is 51.7 Å². The fraction of sp³-hybridized carbons (Fsp3) is 0.562. The highest BCUT2D eigenvalue weighted by molar-refractivity contribution is 5.35. The molecule has 2 unspecified atom stereocenters. The van der Waals surface area contributed by atoms with Crippen LogP contribution in [0.15, 0.2) is 48.5 Å². The highest BCUT2D eigenvalue weighted by Gasteiger charge is 2.24. The van der Waals surface area contributed by atoms with Gasteiger partial charge in [-0.3, -0.25) is 9.80 Å². The van der Waals surface area contributed by atoms with E-state index in [0.29, 0.717) is 24.3 Å². The predicted octanol–water partition coefficient (Wildman–Crippen LogP) is 4.88. The van der Waals surface area contributed by atoms with Gasteiger partial charge in [-0.2, -0.15) is 10.5 Å². The van der Waals surface area contributed by atoms with Crippen LogP contribution in [0.3, 0.4) is 0 Å². The van der Waals surface area contributed by atoms with Gasteiger partial charge in [-0.05, 0) is 61.4 Å². The molecule has 1 aliphatic heterocycles. The molecule has 0 N–H and O–H groups in total. The van der Waals surface area contributed by atoms with E-state index in [4.69, 9.17) is 29.5 Å². The van der Waals surface area contributed by atoms with Crippen molar-refractivity contribution in [2.24, 2.45) is 0 Å². The van der Waals surface area contributed by atoms with E-state index in [0.717, 1.165) is 89.7 Å². The molecule has 0 spiro atoms. The SMILES string of the molecule is CCCCOC(COc1ccc(C#N)cc1)CN1CCN(CC(COc2ccc(C#N)cc2)OCCCC)CC1. The highest BCUT2D eigenvalue weighted by Crippen LogP contribution is 2.15. The maximum absolute atomic E-state index is 9.01. The van der Waals surface area contributed by atoms with Crippen LogP contribution in [0.2, 0.25) is 0 Å². The lowest BCUT2D eigenvalue weighted by atomic mass is 10.2. The summed E-state index contributed by atoms with van der Waals surface area (Å²) in [7, 11) is 0. The van der Waals surface area contributed by atoms with E-state index in [1.54, 1.807) is 24.3 Å². The zero-order valence-corrected chi connectivity index (χ0v) is 24.1. The van der Waals surface area contributed by atoms with Crippen LogP contribution >= 0.6 is 0 Å². The van der Waals surface area contributed by atoms with Gasteiger partial charge in [0.05, 0.1) is 23.3 Å². The van der Waals surface area contributed by atoms with Crippen molar-refractivity contribution in [3.05, 3.63) is 59.7 Å². The molecule has 216 valence electrons. The molecule has 0 amide bonds. The van der Waals surface area contributed by atoms with E-state index in [-0.39, 0.29) is 12.2 Å². The van der Waals surface area contributed by atoms with Crippen molar-refractivity contribution in [1.82, 2.24) is 9.80 Å². The highest BCUT2D eigenvalue weighted by atomic mass is 16.5. The van der Waals surface area contributed by atoms with Crippen molar-refractivity contribution in [1.29, 1.82) is 10.5 Å². The Morgan fingerprint density at radius 3 is 1.35 bits per heavy atom. The van der Waals surface area contributed by atoms with Crippen LogP contribution in [0, 0.1) is 22.7 Å². The van der Waals surface area contributed by atoms with Crippen molar-refractivity contribution in [2.75, 3.05) is 65.7 Å². The van der Waals surface area contributed by atoms with E-state index in [9.17, 15) is 0 Å². The standard InChI is InChI=1S/C32H44N4O4/c1-3-5-19-37-31(25-39-29-11-7-27(21-33)8-12-29)23-35-15-17-36(18-16-35)24-32(38-20-6-4-2)26-40-30-13-9-28(22-34)10-14-30/h7-14,31-32H,3-6,15-20,23-26H2,1-2H3. The number of ether oxygens (including phenoxy) is 4. The van der Waals surface area contributed by atoms with E-state index < -0.39 is 0 Å². The van der Waals surface area contributed by atoms with Crippen LogP contribution in [0.1, 0.15) is 50.7 Å². The Labute approximate surface area is 240 Å². The van der Waals surface area contributed by atoms with Gasteiger partial charge in [0, 0.05) is 52.5 Å². The van der Waals surface area contributed by atoms with Gasteiger partial charge in [0.25, 0.3) is 0 Å². The van der Waals surface area contributed by atoms with Crippen LogP contribution in [0.4, 0.5) is 0 Å². The smallest absolute Gasteiger partial charge is 0.119 e. The van der Waals surface area contributed by atoms with E-state index in [2.05, 4.69) is 35.8 Å². The first-order valence-corrected chi connectivity index (χ1v) is 14.6. The van der Waals surface area contributed by atoms with Crippen molar-refractivity contribution < 1.29 is 18.9 Å². The Hall–Kier alpha value is -3.14. The second-order valence-corrected chi connectivity index (χ2v) is 10.2. The topological polar surface area (TPSA) is 91.0 Å². The summed E-state index contributed by atoms with van der Waals surface area (Å²) < 4.78 is 24.4. The molecule has 0 aromatic heterocycles. The molecular weight excluding hydrogens is 504 g/mol. The maximum Gasteiger partial charge on any atom is 0.119 e. The van der Waals surface area contributed by atoms with Gasteiger partial charge in [-0.1, -0.05) is 26.7 Å². The molecule has 8 nitrogen and oxygen atoms in total. The van der Waals surface area contributed by atoms with Gasteiger partial charge in [0.15, 0.2) is 0 Å². The van der Waals surface area contributed by atoms with Gasteiger partial charge >= 0.3 is 0 Å². The molecule has 0 bridgehead atoms. The molecule has 1 saturated heterocycles. The van der Waals surface area contributed by atoms with E-state index in [1.165, 1.54) is 0 Å². The maximum atomic E-state index is 9.01. The summed E-state index contributed by atoms with van der Waals surface area (Å²) in [5.41, 5.74) is 1.25. The Kier molecular flexibility index (Phi) is 14.3. The molecule has 0 saturated carbocycles. The first-order chi connectivity index (χ1) is 19.6. The van der Waals surface area contributed by atoms with Crippen LogP contribution in [0.25, 0.3) is 0 Å². The van der Waals surface area contributed by atoms with Gasteiger partial charge < -0.3 is 18.9 Å². The molecular formula is C32H44N4O4. The Morgan fingerprint density at radius 1 is 0.650 bits per heavy atom. The first-order valence-electron chi connectivity index (χ1n) is 14.6. The quantitative estimate of drug-likeness (QED) is 0.244. The fourth-order valence-corrected chi connectivity index (χ4v) is 4.46. The van der Waals surface area contributed by atoms with Crippen molar-refractivity contribution in [3.63, 3.8) is 0 Å². The summed E-state index contributed by atoms with van der Waals surface area (Å²) in [5.74, 6) is 1.51. The third kappa shape index (κ3) is 11.5. The van der Waals surface area contributed by atoms with Crippen LogP contribution < -0.4 is 9.47 Å². The number of hydrogen-bond donors (Lipinski definition) is 0. The summed E-state index contributed by atoms with van der Waals surface area (Å²) in [5, 5.41) is 18.0. The number of unbranched alkanes of at least 4 members (excludes halogenated alkanes) is 2. The fourth-order valence-electron chi connectivity index (χ4n) is 4.46. The molecule has 40 heavy (non-hydrogen) atoms. The molecule has 2 aromatic rings. The van der Waals surface area contributed by atoms with E-state index in [1.807, 2.05) is 24.3 Å². The first kappa shape index (κ1) is 31.4. The second kappa shape index (κ2) is 18.3. The monoisotopic (exact) mass is 548 g/mol. The molecule has 8 heteroatoms. The summed E-state index contributed by atoms with van der Waals surface area (Å²) in [6.07, 6.45) is 4.23. The molecule has 3 rings (SSSR count). The second-order valence-electron chi connectivity index (χ2n) is 10.2. The Morgan fingerprint density at radius 2 is 1.02 bits per heavy atom. The number of piperazine rings is 1. The van der Waals surface area contributed by atoms with Gasteiger partial charge in [0.1, 0.15) is 36.9 Å². The minimum absolute atomic E-state index is 0.0142. The molecule has 2 aromatic carbocycles. The third-order valence-electron chi connectivity index (χ3n) is 6.93. The third-order valence-corrected chi connectivity index (χ3v) is 6.93. The summed E-state index contributed by atoms with van der Waals surface area (Å²) >= 11 is 0. The van der Waals surface area contributed by atoms with Gasteiger partial charge in [0.2, 0.25) is 0 Å². The molecule has 0 radical (unpaired) electrons. The number of hydrogen-bond acceptors (Lipinski definition) is 8. The number of nitriles is 2. The molecule has 1 fully saturated rings. The average Bonchev–Trinajstić information content (AvgIpc) is 3.00. The molecule has 0 aliphatic carbocycles. The average molecular weight is 549 g/mol. The largest absolute Gasteiger partial charge is 0.491 e. The zero-order valence-electron chi connectivity index (χ0n) is 24.1. The van der Waals surface area contributed by atoms with E-state index >= 15 is 0 Å². The van der Waals surface area contributed by atoms with Gasteiger partial charge in [-0.15, -0.1) is 0 Å². The summed E-state index contributed by atoms with van der Waals surface area (Å²) in [4.78, 5) is 4.91. The van der Waals surface area contributed by atoms with Crippen LogP contribution in [-0.4, -0.2) is 87.7 Å². The predicted molar refractivity (Wildman–Crippen MR) is 155 cm³/mol. The lowest BCUT2D eigenvalue weighted by Gasteiger charge is -2.37. The number of benzene rings is 2. The van der Waals surface area contributed by atoms with Crippen molar-refractivity contribution in [3.8, 4) is 23.6 Å². The zero-order chi connectivity index (χ0) is 28.4. The Bertz CT molecular complexity index is 955. The lowest BCUT2D eigenvalue weighted by molar-refractivity contribution is -0.0275. The van der Waals surface area contributed by atoms with Crippen LogP contribution in [-0.2, 0) is 9.47 Å². The van der Waals surface area contributed by atoms with Crippen molar-refractivity contribution >= 4 is 0 Å². The summed E-state index contributed by atoms with van der Waals surface area (Å²) in [6.45, 7) is 12.3. The normalized spacial score (nSPS) is 15.6. The molecule has 1 heterocycles. The van der Waals surface area contributed by atoms with Crippen LogP contribution in [0.5, 0.6) is 11.5 Å². The minimum Gasteiger partial charge on any atom is -0.491 e. The summed E-state index contributed by atoms with van der Waals surface area (Å²) in [6, 6.07) is 18.7. The number of rotatable bonds is 18.